The zero-order chi connectivity index (χ0) is 14.8. The molecule has 1 aliphatic heterocycles. The highest BCUT2D eigenvalue weighted by Crippen LogP contribution is 2.33. The quantitative estimate of drug-likeness (QED) is 0.843. The van der Waals surface area contributed by atoms with Gasteiger partial charge in [-0.15, -0.1) is 0 Å². The molecule has 108 valence electrons. The summed E-state index contributed by atoms with van der Waals surface area (Å²) in [4.78, 5) is 11.1. The van der Waals surface area contributed by atoms with Gasteiger partial charge in [-0.2, -0.15) is 10.4 Å². The Bertz CT molecular complexity index is 684. The molecule has 0 amide bonds. The maximum absolute atomic E-state index is 9.10. The highest BCUT2D eigenvalue weighted by molar-refractivity contribution is 5.40. The fraction of sp³-hybridized carbons (Fsp3) is 0.467. The molecule has 0 aliphatic carbocycles. The summed E-state index contributed by atoms with van der Waals surface area (Å²) in [6.07, 6.45) is 7.32. The lowest BCUT2D eigenvalue weighted by Gasteiger charge is -2.35. The van der Waals surface area contributed by atoms with Crippen molar-refractivity contribution in [3.8, 4) is 6.07 Å². The van der Waals surface area contributed by atoms with Crippen LogP contribution in [0, 0.1) is 18.3 Å². The van der Waals surface area contributed by atoms with Gasteiger partial charge in [0.15, 0.2) is 0 Å². The van der Waals surface area contributed by atoms with Crippen molar-refractivity contribution in [2.75, 3.05) is 11.4 Å². The Kier molecular flexibility index (Phi) is 3.57. The van der Waals surface area contributed by atoms with Crippen LogP contribution in [0.15, 0.2) is 18.5 Å². The zero-order valence-corrected chi connectivity index (χ0v) is 12.3. The monoisotopic (exact) mass is 282 g/mol. The Hall–Kier alpha value is -2.42. The molecule has 0 bridgehead atoms. The lowest BCUT2D eigenvalue weighted by atomic mass is 9.98. The van der Waals surface area contributed by atoms with E-state index in [1.165, 1.54) is 12.0 Å². The van der Waals surface area contributed by atoms with Gasteiger partial charge in [0.25, 0.3) is 0 Å². The third kappa shape index (κ3) is 2.72. The van der Waals surface area contributed by atoms with Crippen LogP contribution in [0.4, 0.5) is 5.95 Å². The van der Waals surface area contributed by atoms with Crippen molar-refractivity contribution in [3.63, 3.8) is 0 Å². The van der Waals surface area contributed by atoms with E-state index >= 15 is 0 Å². The lowest BCUT2D eigenvalue weighted by molar-refractivity contribution is 0.465. The van der Waals surface area contributed by atoms with E-state index in [0.717, 1.165) is 25.1 Å². The standard InChI is InChI=1S/C15H18N6/c1-11-7-13(8-16)19-15(18-11)21-6-4-3-5-14(21)12-9-17-20(2)10-12/h7,9-10,14H,3-6H2,1-2H3. The van der Waals surface area contributed by atoms with E-state index in [9.17, 15) is 0 Å². The third-order valence-electron chi connectivity index (χ3n) is 3.83. The van der Waals surface area contributed by atoms with Gasteiger partial charge in [-0.25, -0.2) is 9.97 Å². The van der Waals surface area contributed by atoms with Crippen molar-refractivity contribution < 1.29 is 0 Å². The van der Waals surface area contributed by atoms with E-state index in [0.29, 0.717) is 11.6 Å². The molecule has 2 aromatic rings. The highest BCUT2D eigenvalue weighted by Gasteiger charge is 2.27. The topological polar surface area (TPSA) is 70.6 Å². The Labute approximate surface area is 124 Å². The maximum Gasteiger partial charge on any atom is 0.227 e. The summed E-state index contributed by atoms with van der Waals surface area (Å²) in [5.74, 6) is 0.653. The average Bonchev–Trinajstić information content (AvgIpc) is 2.93. The summed E-state index contributed by atoms with van der Waals surface area (Å²) in [7, 11) is 1.92. The van der Waals surface area contributed by atoms with Gasteiger partial charge in [-0.3, -0.25) is 4.68 Å². The minimum atomic E-state index is 0.237. The van der Waals surface area contributed by atoms with Crippen LogP contribution in [0.3, 0.4) is 0 Å². The van der Waals surface area contributed by atoms with Gasteiger partial charge < -0.3 is 4.90 Å². The number of hydrogen-bond donors (Lipinski definition) is 0. The molecule has 0 N–H and O–H groups in total. The lowest BCUT2D eigenvalue weighted by Crippen LogP contribution is -2.34. The van der Waals surface area contributed by atoms with E-state index in [1.807, 2.05) is 31.0 Å². The Morgan fingerprint density at radius 2 is 2.19 bits per heavy atom. The highest BCUT2D eigenvalue weighted by atomic mass is 15.3. The average molecular weight is 282 g/mol. The van der Waals surface area contributed by atoms with E-state index < -0.39 is 0 Å². The first kappa shape index (κ1) is 13.6. The molecule has 0 saturated carbocycles. The number of nitrogens with zero attached hydrogens (tertiary/aromatic N) is 6. The van der Waals surface area contributed by atoms with Gasteiger partial charge in [0.05, 0.1) is 12.2 Å². The molecule has 0 radical (unpaired) electrons. The Morgan fingerprint density at radius 1 is 1.33 bits per heavy atom. The van der Waals surface area contributed by atoms with Crippen molar-refractivity contribution >= 4 is 5.95 Å². The predicted octanol–water partition coefficient (Wildman–Crippen LogP) is 2.12. The Balaban J connectivity index is 1.98. The molecule has 1 aliphatic rings. The second kappa shape index (κ2) is 5.52. The summed E-state index contributed by atoms with van der Waals surface area (Å²) in [5.41, 5.74) is 2.43. The van der Waals surface area contributed by atoms with Crippen LogP contribution in [0.5, 0.6) is 0 Å². The summed E-state index contributed by atoms with van der Waals surface area (Å²) in [6.45, 7) is 2.81. The molecule has 3 rings (SSSR count). The molecule has 1 atom stereocenters. The van der Waals surface area contributed by atoms with Gasteiger partial charge in [-0.1, -0.05) is 0 Å². The molecule has 0 aromatic carbocycles. The molecule has 1 unspecified atom stereocenters. The number of hydrogen-bond acceptors (Lipinski definition) is 5. The molecule has 21 heavy (non-hydrogen) atoms. The largest absolute Gasteiger partial charge is 0.334 e. The van der Waals surface area contributed by atoms with Crippen molar-refractivity contribution in [1.29, 1.82) is 5.26 Å². The summed E-state index contributed by atoms with van der Waals surface area (Å²) in [5, 5.41) is 13.4. The van der Waals surface area contributed by atoms with E-state index in [4.69, 9.17) is 5.26 Å². The van der Waals surface area contributed by atoms with Crippen LogP contribution in [0.2, 0.25) is 0 Å². The van der Waals surface area contributed by atoms with Crippen LogP contribution in [-0.2, 0) is 7.05 Å². The van der Waals surface area contributed by atoms with Crippen molar-refractivity contribution in [1.82, 2.24) is 19.7 Å². The zero-order valence-electron chi connectivity index (χ0n) is 12.3. The van der Waals surface area contributed by atoms with E-state index in [-0.39, 0.29) is 6.04 Å². The van der Waals surface area contributed by atoms with Gasteiger partial charge in [0.2, 0.25) is 5.95 Å². The normalized spacial score (nSPS) is 18.5. The number of aromatic nitrogens is 4. The number of piperidine rings is 1. The second-order valence-electron chi connectivity index (χ2n) is 5.46. The van der Waals surface area contributed by atoms with Gasteiger partial charge in [0.1, 0.15) is 11.8 Å². The minimum absolute atomic E-state index is 0.237. The predicted molar refractivity (Wildman–Crippen MR) is 78.6 cm³/mol. The van der Waals surface area contributed by atoms with E-state index in [2.05, 4.69) is 26.0 Å². The summed E-state index contributed by atoms with van der Waals surface area (Å²) < 4.78 is 1.82. The van der Waals surface area contributed by atoms with Crippen LogP contribution in [0.1, 0.15) is 42.3 Å². The molecular formula is C15H18N6. The first-order valence-electron chi connectivity index (χ1n) is 7.18. The maximum atomic E-state index is 9.10. The smallest absolute Gasteiger partial charge is 0.227 e. The summed E-state index contributed by atoms with van der Waals surface area (Å²) >= 11 is 0. The fourth-order valence-electron chi connectivity index (χ4n) is 2.87. The van der Waals surface area contributed by atoms with E-state index in [1.54, 1.807) is 6.07 Å². The number of aryl methyl sites for hydroxylation is 2. The number of rotatable bonds is 2. The Morgan fingerprint density at radius 3 is 2.90 bits per heavy atom. The molecule has 0 spiro atoms. The molecular weight excluding hydrogens is 264 g/mol. The first-order chi connectivity index (χ1) is 10.2. The number of nitriles is 1. The van der Waals surface area contributed by atoms with Crippen molar-refractivity contribution in [3.05, 3.63) is 35.4 Å². The van der Waals surface area contributed by atoms with Crippen LogP contribution in [-0.4, -0.2) is 26.3 Å². The third-order valence-corrected chi connectivity index (χ3v) is 3.83. The van der Waals surface area contributed by atoms with Gasteiger partial charge in [-0.05, 0) is 32.3 Å². The summed E-state index contributed by atoms with van der Waals surface area (Å²) in [6, 6.07) is 4.06. The molecule has 6 heteroatoms. The van der Waals surface area contributed by atoms with Gasteiger partial charge in [0, 0.05) is 31.0 Å². The van der Waals surface area contributed by atoms with Crippen molar-refractivity contribution in [2.45, 2.75) is 32.2 Å². The van der Waals surface area contributed by atoms with Crippen molar-refractivity contribution in [2.24, 2.45) is 7.05 Å². The molecule has 1 fully saturated rings. The second-order valence-corrected chi connectivity index (χ2v) is 5.46. The molecule has 3 heterocycles. The SMILES string of the molecule is Cc1cc(C#N)nc(N2CCCCC2c2cnn(C)c2)n1. The number of anilines is 1. The van der Waals surface area contributed by atoms with Crippen LogP contribution >= 0.6 is 0 Å². The first-order valence-corrected chi connectivity index (χ1v) is 7.18. The van der Waals surface area contributed by atoms with Crippen LogP contribution < -0.4 is 4.90 Å². The van der Waals surface area contributed by atoms with Crippen LogP contribution in [0.25, 0.3) is 0 Å². The fourth-order valence-corrected chi connectivity index (χ4v) is 2.87. The van der Waals surface area contributed by atoms with Gasteiger partial charge >= 0.3 is 0 Å². The minimum Gasteiger partial charge on any atom is -0.334 e. The molecule has 2 aromatic heterocycles. The molecule has 1 saturated heterocycles. The molecule has 6 nitrogen and oxygen atoms in total.